The number of nitrogens with zero attached hydrogens (tertiary/aromatic N) is 4. The predicted octanol–water partition coefficient (Wildman–Crippen LogP) is 0.734. The summed E-state index contributed by atoms with van der Waals surface area (Å²) in [4.78, 5) is 27.7. The Morgan fingerprint density at radius 3 is 2.92 bits per heavy atom. The Bertz CT molecular complexity index is 619. The summed E-state index contributed by atoms with van der Waals surface area (Å²) < 4.78 is 12.5. The second-order valence-electron chi connectivity index (χ2n) is 6.27. The third-order valence-electron chi connectivity index (χ3n) is 4.58. The largest absolute Gasteiger partial charge is 0.450 e. The fourth-order valence-corrected chi connectivity index (χ4v) is 3.24. The lowest BCUT2D eigenvalue weighted by molar-refractivity contribution is -0.0197. The molecule has 2 saturated heterocycles. The molecule has 3 amide bonds. The van der Waals surface area contributed by atoms with Gasteiger partial charge in [-0.2, -0.15) is 5.10 Å². The summed E-state index contributed by atoms with van der Waals surface area (Å²) in [6.07, 6.45) is 1.97. The van der Waals surface area contributed by atoms with E-state index in [1.807, 2.05) is 13.1 Å². The van der Waals surface area contributed by atoms with Gasteiger partial charge in [0.2, 0.25) is 0 Å². The summed E-state index contributed by atoms with van der Waals surface area (Å²) in [6, 6.07) is 1.74. The number of hydrogen-bond donors (Lipinski definition) is 1. The standard InChI is InChI=1S/C16H25N5O4/c1-3-24-16(23)21-7-5-12(10-21)18-15(22)20-8-9-25-14(11-20)13-4-6-17-19(13)2/h4,6,12,14H,3,5,7-11H2,1-2H3,(H,18,22). The molecule has 1 N–H and O–H groups in total. The van der Waals surface area contributed by atoms with E-state index in [4.69, 9.17) is 9.47 Å². The Labute approximate surface area is 146 Å². The van der Waals surface area contributed by atoms with E-state index < -0.39 is 0 Å². The molecule has 3 rings (SSSR count). The molecule has 0 saturated carbocycles. The third kappa shape index (κ3) is 4.04. The lowest BCUT2D eigenvalue weighted by Crippen LogP contribution is -2.50. The van der Waals surface area contributed by atoms with E-state index in [1.54, 1.807) is 27.6 Å². The number of morpholine rings is 1. The lowest BCUT2D eigenvalue weighted by Gasteiger charge is -2.33. The minimum atomic E-state index is -0.318. The Morgan fingerprint density at radius 1 is 1.36 bits per heavy atom. The van der Waals surface area contributed by atoms with Gasteiger partial charge in [0.05, 0.1) is 25.5 Å². The molecule has 9 heteroatoms. The van der Waals surface area contributed by atoms with Crippen LogP contribution in [-0.4, -0.2) is 77.1 Å². The smallest absolute Gasteiger partial charge is 0.409 e. The van der Waals surface area contributed by atoms with Crippen LogP contribution in [-0.2, 0) is 16.5 Å². The molecule has 2 aliphatic heterocycles. The maximum Gasteiger partial charge on any atom is 0.409 e. The monoisotopic (exact) mass is 351 g/mol. The molecular weight excluding hydrogens is 326 g/mol. The lowest BCUT2D eigenvalue weighted by atomic mass is 10.2. The summed E-state index contributed by atoms with van der Waals surface area (Å²) in [5.41, 5.74) is 0.951. The first-order chi connectivity index (χ1) is 12.1. The highest BCUT2D eigenvalue weighted by molar-refractivity contribution is 5.75. The molecule has 3 heterocycles. The average molecular weight is 351 g/mol. The van der Waals surface area contributed by atoms with Crippen molar-refractivity contribution >= 4 is 12.1 Å². The first kappa shape index (κ1) is 17.5. The second kappa shape index (κ2) is 7.73. The molecule has 2 fully saturated rings. The highest BCUT2D eigenvalue weighted by Crippen LogP contribution is 2.21. The van der Waals surface area contributed by atoms with Crippen LogP contribution in [0.4, 0.5) is 9.59 Å². The number of urea groups is 1. The number of nitrogens with one attached hydrogen (secondary N) is 1. The van der Waals surface area contributed by atoms with Crippen molar-refractivity contribution in [2.45, 2.75) is 25.5 Å². The summed E-state index contributed by atoms with van der Waals surface area (Å²) in [6.45, 7) is 4.75. The van der Waals surface area contributed by atoms with Crippen molar-refractivity contribution < 1.29 is 19.1 Å². The van der Waals surface area contributed by atoms with Gasteiger partial charge in [0.25, 0.3) is 0 Å². The van der Waals surface area contributed by atoms with Gasteiger partial charge in [-0.15, -0.1) is 0 Å². The Balaban J connectivity index is 1.51. The number of aryl methyl sites for hydroxylation is 1. The zero-order valence-corrected chi connectivity index (χ0v) is 14.7. The van der Waals surface area contributed by atoms with Crippen LogP contribution in [0.3, 0.4) is 0 Å². The molecule has 1 aromatic heterocycles. The van der Waals surface area contributed by atoms with E-state index in [1.165, 1.54) is 0 Å². The van der Waals surface area contributed by atoms with E-state index in [-0.39, 0.29) is 24.3 Å². The van der Waals surface area contributed by atoms with E-state index in [9.17, 15) is 9.59 Å². The van der Waals surface area contributed by atoms with Gasteiger partial charge in [0, 0.05) is 38.9 Å². The van der Waals surface area contributed by atoms with Crippen LogP contribution in [0.25, 0.3) is 0 Å². The number of carbonyl (C=O) groups is 2. The van der Waals surface area contributed by atoms with Crippen LogP contribution in [0.15, 0.2) is 12.3 Å². The van der Waals surface area contributed by atoms with E-state index in [0.29, 0.717) is 39.4 Å². The second-order valence-corrected chi connectivity index (χ2v) is 6.27. The molecular formula is C16H25N5O4. The first-order valence-corrected chi connectivity index (χ1v) is 8.65. The molecule has 0 aromatic carbocycles. The Hall–Kier alpha value is -2.29. The molecule has 9 nitrogen and oxygen atoms in total. The minimum Gasteiger partial charge on any atom is -0.450 e. The first-order valence-electron chi connectivity index (χ1n) is 8.65. The van der Waals surface area contributed by atoms with Crippen molar-refractivity contribution in [1.82, 2.24) is 24.9 Å². The molecule has 2 unspecified atom stereocenters. The number of likely N-dealkylation sites (tertiary alicyclic amines) is 1. The third-order valence-corrected chi connectivity index (χ3v) is 4.58. The molecule has 2 aliphatic rings. The van der Waals surface area contributed by atoms with Gasteiger partial charge in [-0.1, -0.05) is 0 Å². The number of hydrogen-bond acceptors (Lipinski definition) is 5. The summed E-state index contributed by atoms with van der Waals surface area (Å²) in [7, 11) is 1.86. The van der Waals surface area contributed by atoms with Gasteiger partial charge in [-0.25, -0.2) is 9.59 Å². The SMILES string of the molecule is CCOC(=O)N1CCC(NC(=O)N2CCOC(c3ccnn3C)C2)C1. The maximum atomic E-state index is 12.6. The molecule has 0 bridgehead atoms. The topological polar surface area (TPSA) is 88.9 Å². The highest BCUT2D eigenvalue weighted by Gasteiger charge is 2.31. The molecule has 2 atom stereocenters. The van der Waals surface area contributed by atoms with Gasteiger partial charge in [-0.3, -0.25) is 4.68 Å². The predicted molar refractivity (Wildman–Crippen MR) is 89.0 cm³/mol. The van der Waals surface area contributed by atoms with E-state index in [2.05, 4.69) is 10.4 Å². The number of ether oxygens (including phenoxy) is 2. The van der Waals surface area contributed by atoms with Crippen LogP contribution < -0.4 is 5.32 Å². The molecule has 0 spiro atoms. The molecule has 0 radical (unpaired) electrons. The van der Waals surface area contributed by atoms with Crippen LogP contribution in [0, 0.1) is 0 Å². The fourth-order valence-electron chi connectivity index (χ4n) is 3.24. The van der Waals surface area contributed by atoms with Gasteiger partial charge in [0.15, 0.2) is 0 Å². The number of aromatic nitrogens is 2. The van der Waals surface area contributed by atoms with Crippen molar-refractivity contribution in [3.8, 4) is 0 Å². The molecule has 0 aliphatic carbocycles. The number of amides is 3. The summed E-state index contributed by atoms with van der Waals surface area (Å²) in [5.74, 6) is 0. The van der Waals surface area contributed by atoms with Crippen LogP contribution >= 0.6 is 0 Å². The van der Waals surface area contributed by atoms with Crippen molar-refractivity contribution in [1.29, 1.82) is 0 Å². The van der Waals surface area contributed by atoms with Gasteiger partial charge in [-0.05, 0) is 19.4 Å². The van der Waals surface area contributed by atoms with Crippen molar-refractivity contribution in [2.24, 2.45) is 7.05 Å². The highest BCUT2D eigenvalue weighted by atomic mass is 16.6. The van der Waals surface area contributed by atoms with E-state index >= 15 is 0 Å². The van der Waals surface area contributed by atoms with Crippen LogP contribution in [0.5, 0.6) is 0 Å². The summed E-state index contributed by atoms with van der Waals surface area (Å²) >= 11 is 0. The van der Waals surface area contributed by atoms with Gasteiger partial charge < -0.3 is 24.6 Å². The molecule has 1 aromatic rings. The fraction of sp³-hybridized carbons (Fsp3) is 0.688. The summed E-state index contributed by atoms with van der Waals surface area (Å²) in [5, 5.41) is 7.17. The molecule has 138 valence electrons. The van der Waals surface area contributed by atoms with Crippen molar-refractivity contribution in [3.63, 3.8) is 0 Å². The maximum absolute atomic E-state index is 12.6. The number of rotatable bonds is 3. The Morgan fingerprint density at radius 2 is 2.20 bits per heavy atom. The van der Waals surface area contributed by atoms with Crippen LogP contribution in [0.1, 0.15) is 25.1 Å². The van der Waals surface area contributed by atoms with Crippen LogP contribution in [0.2, 0.25) is 0 Å². The number of carbonyl (C=O) groups excluding carboxylic acids is 2. The normalized spacial score (nSPS) is 23.6. The zero-order valence-electron chi connectivity index (χ0n) is 14.7. The minimum absolute atomic E-state index is 0.0464. The Kier molecular flexibility index (Phi) is 5.42. The zero-order chi connectivity index (χ0) is 17.8. The van der Waals surface area contributed by atoms with Gasteiger partial charge >= 0.3 is 12.1 Å². The quantitative estimate of drug-likeness (QED) is 0.867. The average Bonchev–Trinajstić information content (AvgIpc) is 3.24. The van der Waals surface area contributed by atoms with Gasteiger partial charge in [0.1, 0.15) is 6.10 Å². The molecule has 25 heavy (non-hydrogen) atoms. The van der Waals surface area contributed by atoms with Crippen molar-refractivity contribution in [3.05, 3.63) is 18.0 Å². The van der Waals surface area contributed by atoms with Crippen molar-refractivity contribution in [2.75, 3.05) is 39.4 Å². The van der Waals surface area contributed by atoms with E-state index in [0.717, 1.165) is 12.1 Å².